The maximum Gasteiger partial charge on any atom is 0.223 e. The number of hydrogen-bond acceptors (Lipinski definition) is 3. The van der Waals surface area contributed by atoms with Crippen molar-refractivity contribution in [3.8, 4) is 0 Å². The average molecular weight is 241 g/mol. The Morgan fingerprint density at radius 1 is 1.53 bits per heavy atom. The van der Waals surface area contributed by atoms with E-state index in [0.29, 0.717) is 25.9 Å². The highest BCUT2D eigenvalue weighted by Gasteiger charge is 2.23. The topological polar surface area (TPSA) is 75.4 Å². The molecule has 1 fully saturated rings. The fraction of sp³-hybridized carbons (Fsp3) is 0.833. The summed E-state index contributed by atoms with van der Waals surface area (Å²) in [6.45, 7) is 5.75. The van der Waals surface area contributed by atoms with E-state index < -0.39 is 0 Å². The molecule has 2 atom stereocenters. The number of carbonyl (C=O) groups is 2. The molecule has 0 aromatic carbocycles. The van der Waals surface area contributed by atoms with Crippen LogP contribution in [0.15, 0.2) is 0 Å². The minimum atomic E-state index is -0.0586. The minimum absolute atomic E-state index is 0.00442. The highest BCUT2D eigenvalue weighted by atomic mass is 16.2. The van der Waals surface area contributed by atoms with Crippen molar-refractivity contribution in [3.05, 3.63) is 0 Å². The summed E-state index contributed by atoms with van der Waals surface area (Å²) in [5.74, 6) is 0.160. The first kappa shape index (κ1) is 14.0. The van der Waals surface area contributed by atoms with Crippen LogP contribution in [0.4, 0.5) is 0 Å². The van der Waals surface area contributed by atoms with E-state index in [4.69, 9.17) is 5.73 Å². The van der Waals surface area contributed by atoms with Crippen LogP contribution in [0.5, 0.6) is 0 Å². The van der Waals surface area contributed by atoms with E-state index in [1.807, 2.05) is 18.7 Å². The van der Waals surface area contributed by atoms with Gasteiger partial charge in [0.15, 0.2) is 0 Å². The van der Waals surface area contributed by atoms with Crippen LogP contribution in [0.3, 0.4) is 0 Å². The number of rotatable bonds is 6. The molecular weight excluding hydrogens is 218 g/mol. The molecule has 0 aromatic heterocycles. The third-order valence-electron chi connectivity index (χ3n) is 3.10. The Morgan fingerprint density at radius 2 is 2.24 bits per heavy atom. The lowest BCUT2D eigenvalue weighted by molar-refractivity contribution is -0.129. The zero-order valence-corrected chi connectivity index (χ0v) is 10.7. The van der Waals surface area contributed by atoms with E-state index in [9.17, 15) is 9.59 Å². The van der Waals surface area contributed by atoms with Crippen molar-refractivity contribution in [2.24, 2.45) is 11.7 Å². The van der Waals surface area contributed by atoms with Crippen LogP contribution < -0.4 is 11.1 Å². The van der Waals surface area contributed by atoms with E-state index in [2.05, 4.69) is 5.32 Å². The number of amides is 2. The van der Waals surface area contributed by atoms with Gasteiger partial charge in [-0.2, -0.15) is 0 Å². The van der Waals surface area contributed by atoms with Crippen LogP contribution in [0.2, 0.25) is 0 Å². The summed E-state index contributed by atoms with van der Waals surface area (Å²) in [6, 6.07) is 0.00442. The van der Waals surface area contributed by atoms with Crippen molar-refractivity contribution in [3.63, 3.8) is 0 Å². The maximum absolute atomic E-state index is 11.7. The lowest BCUT2D eigenvalue weighted by Gasteiger charge is -2.23. The number of carbonyl (C=O) groups excluding carboxylic acids is 2. The second kappa shape index (κ2) is 6.59. The normalized spacial score (nSPS) is 19.2. The van der Waals surface area contributed by atoms with Crippen LogP contribution >= 0.6 is 0 Å². The Hall–Kier alpha value is -1.10. The number of nitrogens with two attached hydrogens (primary N) is 1. The van der Waals surface area contributed by atoms with E-state index in [-0.39, 0.29) is 23.8 Å². The predicted molar refractivity (Wildman–Crippen MR) is 66.3 cm³/mol. The van der Waals surface area contributed by atoms with E-state index in [0.717, 1.165) is 13.0 Å². The maximum atomic E-state index is 11.7. The molecule has 1 aliphatic rings. The largest absolute Gasteiger partial charge is 0.352 e. The molecule has 2 unspecified atom stereocenters. The number of hydrogen-bond donors (Lipinski definition) is 2. The lowest BCUT2D eigenvalue weighted by Crippen LogP contribution is -2.44. The summed E-state index contributed by atoms with van der Waals surface area (Å²) >= 11 is 0. The van der Waals surface area contributed by atoms with Gasteiger partial charge in [-0.15, -0.1) is 0 Å². The zero-order valence-electron chi connectivity index (χ0n) is 10.7. The van der Waals surface area contributed by atoms with Gasteiger partial charge in [-0.25, -0.2) is 0 Å². The summed E-state index contributed by atoms with van der Waals surface area (Å²) in [7, 11) is 0. The van der Waals surface area contributed by atoms with Gasteiger partial charge in [0.2, 0.25) is 11.8 Å². The molecule has 3 N–H and O–H groups in total. The first-order valence-electron chi connectivity index (χ1n) is 6.32. The number of nitrogens with zero attached hydrogens (tertiary/aromatic N) is 1. The van der Waals surface area contributed by atoms with Gasteiger partial charge in [-0.1, -0.05) is 6.92 Å². The molecule has 0 spiro atoms. The molecule has 1 saturated heterocycles. The highest BCUT2D eigenvalue weighted by molar-refractivity contribution is 5.79. The van der Waals surface area contributed by atoms with Crippen LogP contribution in [-0.4, -0.2) is 42.4 Å². The monoisotopic (exact) mass is 241 g/mol. The molecule has 0 saturated carbocycles. The molecule has 98 valence electrons. The molecule has 0 bridgehead atoms. The molecule has 1 aliphatic heterocycles. The Morgan fingerprint density at radius 3 is 2.76 bits per heavy atom. The Balaban J connectivity index is 2.31. The van der Waals surface area contributed by atoms with Gasteiger partial charge in [0.1, 0.15) is 0 Å². The SMILES string of the molecule is CC(CN1CCCC1=O)NC(=O)C(C)CCN. The summed E-state index contributed by atoms with van der Waals surface area (Å²) in [5, 5.41) is 2.92. The molecule has 1 heterocycles. The van der Waals surface area contributed by atoms with Crippen LogP contribution in [0, 0.1) is 5.92 Å². The second-order valence-electron chi connectivity index (χ2n) is 4.83. The summed E-state index contributed by atoms with van der Waals surface area (Å²) in [5.41, 5.74) is 5.42. The van der Waals surface area contributed by atoms with E-state index in [1.54, 1.807) is 0 Å². The van der Waals surface area contributed by atoms with Gasteiger partial charge in [-0.05, 0) is 26.3 Å². The fourth-order valence-electron chi connectivity index (χ4n) is 2.04. The van der Waals surface area contributed by atoms with Gasteiger partial charge < -0.3 is 16.0 Å². The van der Waals surface area contributed by atoms with Crippen molar-refractivity contribution < 1.29 is 9.59 Å². The van der Waals surface area contributed by atoms with Crippen molar-refractivity contribution in [2.75, 3.05) is 19.6 Å². The fourth-order valence-corrected chi connectivity index (χ4v) is 2.04. The summed E-state index contributed by atoms with van der Waals surface area (Å²) in [4.78, 5) is 25.0. The molecule has 0 aromatic rings. The highest BCUT2D eigenvalue weighted by Crippen LogP contribution is 2.10. The number of nitrogens with one attached hydrogen (secondary N) is 1. The Bertz CT molecular complexity index is 281. The van der Waals surface area contributed by atoms with Gasteiger partial charge in [0, 0.05) is 31.5 Å². The van der Waals surface area contributed by atoms with Gasteiger partial charge in [0.25, 0.3) is 0 Å². The molecule has 5 nitrogen and oxygen atoms in total. The molecule has 2 amide bonds. The second-order valence-corrected chi connectivity index (χ2v) is 4.83. The molecule has 17 heavy (non-hydrogen) atoms. The average Bonchev–Trinajstić information content (AvgIpc) is 2.64. The lowest BCUT2D eigenvalue weighted by atomic mass is 10.1. The van der Waals surface area contributed by atoms with Crippen molar-refractivity contribution in [1.82, 2.24) is 10.2 Å². The quantitative estimate of drug-likeness (QED) is 0.692. The smallest absolute Gasteiger partial charge is 0.223 e. The predicted octanol–water partition coefficient (Wildman–Crippen LogP) is 0.0984. The number of likely N-dealkylation sites (tertiary alicyclic amines) is 1. The van der Waals surface area contributed by atoms with Crippen LogP contribution in [0.1, 0.15) is 33.1 Å². The third kappa shape index (κ3) is 4.34. The van der Waals surface area contributed by atoms with Crippen molar-refractivity contribution >= 4 is 11.8 Å². The third-order valence-corrected chi connectivity index (χ3v) is 3.10. The van der Waals surface area contributed by atoms with Crippen molar-refractivity contribution in [2.45, 2.75) is 39.2 Å². The standard InChI is InChI=1S/C12H23N3O2/c1-9(5-6-13)12(17)14-10(2)8-15-7-3-4-11(15)16/h9-10H,3-8,13H2,1-2H3,(H,14,17). The molecule has 5 heteroatoms. The van der Waals surface area contributed by atoms with Gasteiger partial charge >= 0.3 is 0 Å². The Labute approximate surface area is 103 Å². The molecule has 1 rings (SSSR count). The summed E-state index contributed by atoms with van der Waals surface area (Å²) < 4.78 is 0. The molecule has 0 radical (unpaired) electrons. The molecular formula is C12H23N3O2. The van der Waals surface area contributed by atoms with Crippen molar-refractivity contribution in [1.29, 1.82) is 0 Å². The first-order chi connectivity index (χ1) is 8.04. The Kier molecular flexibility index (Phi) is 5.41. The minimum Gasteiger partial charge on any atom is -0.352 e. The zero-order chi connectivity index (χ0) is 12.8. The van der Waals surface area contributed by atoms with Crippen LogP contribution in [-0.2, 0) is 9.59 Å². The van der Waals surface area contributed by atoms with E-state index >= 15 is 0 Å². The van der Waals surface area contributed by atoms with Gasteiger partial charge in [-0.3, -0.25) is 9.59 Å². The molecule has 0 aliphatic carbocycles. The van der Waals surface area contributed by atoms with Gasteiger partial charge in [0.05, 0.1) is 0 Å². The first-order valence-corrected chi connectivity index (χ1v) is 6.32. The van der Waals surface area contributed by atoms with Crippen LogP contribution in [0.25, 0.3) is 0 Å². The summed E-state index contributed by atoms with van der Waals surface area (Å²) in [6.07, 6.45) is 2.27. The van der Waals surface area contributed by atoms with E-state index in [1.165, 1.54) is 0 Å².